The number of ether oxygens (including phenoxy) is 1. The molecule has 3 nitrogen and oxygen atoms in total. The maximum Gasteiger partial charge on any atom is 0.139 e. The number of nitrogens with two attached hydrogens (primary N) is 1. The molecule has 1 aromatic rings. The van der Waals surface area contributed by atoms with Gasteiger partial charge in [-0.3, -0.25) is 0 Å². The molecule has 0 aliphatic heterocycles. The molecule has 0 aromatic heterocycles. The minimum atomic E-state index is 0.431. The van der Waals surface area contributed by atoms with Crippen LogP contribution in [0.1, 0.15) is 32.1 Å². The number of methoxy groups -OCH3 is 1. The van der Waals surface area contributed by atoms with Crippen molar-refractivity contribution >= 4 is 23.1 Å². The van der Waals surface area contributed by atoms with Crippen LogP contribution in [-0.2, 0) is 0 Å². The molecule has 0 heterocycles. The van der Waals surface area contributed by atoms with Crippen LogP contribution in [0.3, 0.4) is 0 Å². The van der Waals surface area contributed by atoms with Gasteiger partial charge < -0.3 is 10.5 Å². The van der Waals surface area contributed by atoms with E-state index in [1.54, 1.807) is 13.2 Å². The second kappa shape index (κ2) is 6.10. The number of halogens is 1. The number of benzene rings is 1. The average molecular weight is 267 g/mol. The van der Waals surface area contributed by atoms with Gasteiger partial charge in [-0.2, -0.15) is 0 Å². The van der Waals surface area contributed by atoms with Crippen LogP contribution >= 0.6 is 11.6 Å². The minimum Gasteiger partial charge on any atom is -0.495 e. The first-order chi connectivity index (χ1) is 8.70. The number of hydrogen-bond donors (Lipinski definition) is 1. The summed E-state index contributed by atoms with van der Waals surface area (Å²) in [4.78, 5) is 4.49. The molecule has 1 aliphatic carbocycles. The summed E-state index contributed by atoms with van der Waals surface area (Å²) in [5.74, 6) is 1.80. The molecule has 0 amide bonds. The van der Waals surface area contributed by atoms with Gasteiger partial charge in [0, 0.05) is 12.0 Å². The fourth-order valence-electron chi connectivity index (χ4n) is 2.36. The van der Waals surface area contributed by atoms with Crippen molar-refractivity contribution in [3.8, 4) is 5.75 Å². The van der Waals surface area contributed by atoms with Crippen molar-refractivity contribution in [1.29, 1.82) is 0 Å². The van der Waals surface area contributed by atoms with Gasteiger partial charge in [-0.1, -0.05) is 30.9 Å². The Balaban J connectivity index is 2.15. The van der Waals surface area contributed by atoms with E-state index < -0.39 is 0 Å². The van der Waals surface area contributed by atoms with E-state index in [9.17, 15) is 0 Å². The predicted octanol–water partition coefficient (Wildman–Crippen LogP) is 3.92. The van der Waals surface area contributed by atoms with Crippen LogP contribution in [0.5, 0.6) is 5.75 Å². The Morgan fingerprint density at radius 3 is 2.72 bits per heavy atom. The van der Waals surface area contributed by atoms with Crippen molar-refractivity contribution in [3.05, 3.63) is 23.2 Å². The third-order valence-electron chi connectivity index (χ3n) is 3.42. The number of amidine groups is 1. The van der Waals surface area contributed by atoms with Gasteiger partial charge in [-0.15, -0.1) is 0 Å². The molecule has 2 N–H and O–H groups in total. The molecule has 18 heavy (non-hydrogen) atoms. The summed E-state index contributed by atoms with van der Waals surface area (Å²) in [7, 11) is 1.60. The molecule has 0 spiro atoms. The van der Waals surface area contributed by atoms with E-state index in [1.165, 1.54) is 19.3 Å². The van der Waals surface area contributed by atoms with Crippen molar-refractivity contribution in [2.75, 3.05) is 7.11 Å². The summed E-state index contributed by atoms with van der Waals surface area (Å²) in [6.07, 6.45) is 6.13. The zero-order valence-electron chi connectivity index (χ0n) is 10.7. The largest absolute Gasteiger partial charge is 0.495 e. The number of hydrogen-bond acceptors (Lipinski definition) is 2. The molecule has 0 bridgehead atoms. The molecule has 1 fully saturated rings. The molecule has 0 unspecified atom stereocenters. The maximum atomic E-state index is 6.09. The van der Waals surface area contributed by atoms with Gasteiger partial charge in [0.1, 0.15) is 11.6 Å². The lowest BCUT2D eigenvalue weighted by molar-refractivity contribution is 0.415. The van der Waals surface area contributed by atoms with Gasteiger partial charge in [0.15, 0.2) is 0 Å². The van der Waals surface area contributed by atoms with Gasteiger partial charge in [-0.25, -0.2) is 4.99 Å². The summed E-state index contributed by atoms with van der Waals surface area (Å²) >= 11 is 5.98. The van der Waals surface area contributed by atoms with Crippen LogP contribution in [0, 0.1) is 5.92 Å². The Hall–Kier alpha value is -1.22. The second-order valence-electron chi connectivity index (χ2n) is 4.69. The van der Waals surface area contributed by atoms with Gasteiger partial charge >= 0.3 is 0 Å². The monoisotopic (exact) mass is 266 g/mol. The summed E-state index contributed by atoms with van der Waals surface area (Å²) in [6.45, 7) is 0. The van der Waals surface area contributed by atoms with E-state index in [1.807, 2.05) is 12.1 Å². The lowest BCUT2D eigenvalue weighted by atomic mass is 9.88. The fraction of sp³-hybridized carbons (Fsp3) is 0.500. The molecule has 0 radical (unpaired) electrons. The lowest BCUT2D eigenvalue weighted by Gasteiger charge is -2.20. The quantitative estimate of drug-likeness (QED) is 0.666. The number of nitrogens with zero attached hydrogens (tertiary/aromatic N) is 1. The van der Waals surface area contributed by atoms with Gasteiger partial charge in [-0.05, 0) is 25.0 Å². The topological polar surface area (TPSA) is 47.6 Å². The molecule has 4 heteroatoms. The van der Waals surface area contributed by atoms with Gasteiger partial charge in [0.05, 0.1) is 17.8 Å². The smallest absolute Gasteiger partial charge is 0.139 e. The average Bonchev–Trinajstić information content (AvgIpc) is 2.42. The third kappa shape index (κ3) is 3.16. The highest BCUT2D eigenvalue weighted by molar-refractivity contribution is 6.32. The van der Waals surface area contributed by atoms with E-state index in [4.69, 9.17) is 22.1 Å². The van der Waals surface area contributed by atoms with Crippen LogP contribution in [0.2, 0.25) is 5.02 Å². The maximum absolute atomic E-state index is 6.09. The molecule has 0 saturated heterocycles. The molecular formula is C14H19ClN2O. The summed E-state index contributed by atoms with van der Waals surface area (Å²) < 4.78 is 5.17. The van der Waals surface area contributed by atoms with Crippen LogP contribution < -0.4 is 10.5 Å². The van der Waals surface area contributed by atoms with Crippen LogP contribution in [0.25, 0.3) is 0 Å². The lowest BCUT2D eigenvalue weighted by Crippen LogP contribution is -2.25. The second-order valence-corrected chi connectivity index (χ2v) is 5.10. The highest BCUT2D eigenvalue weighted by Gasteiger charge is 2.17. The Kier molecular flexibility index (Phi) is 4.48. The van der Waals surface area contributed by atoms with Crippen LogP contribution in [0.15, 0.2) is 23.2 Å². The number of rotatable bonds is 3. The SMILES string of the molecule is COc1cc(N=C(N)C2CCCCC2)ccc1Cl. The first-order valence-corrected chi connectivity index (χ1v) is 6.76. The molecule has 1 aromatic carbocycles. The van der Waals surface area contributed by atoms with Crippen molar-refractivity contribution < 1.29 is 4.74 Å². The molecular weight excluding hydrogens is 248 g/mol. The minimum absolute atomic E-state index is 0.431. The summed E-state index contributed by atoms with van der Waals surface area (Å²) in [6, 6.07) is 5.46. The molecule has 1 saturated carbocycles. The van der Waals surface area contributed by atoms with E-state index in [2.05, 4.69) is 4.99 Å². The zero-order chi connectivity index (χ0) is 13.0. The van der Waals surface area contributed by atoms with E-state index >= 15 is 0 Å². The van der Waals surface area contributed by atoms with Crippen LogP contribution in [0.4, 0.5) is 5.69 Å². The normalized spacial score (nSPS) is 17.8. The molecule has 2 rings (SSSR count). The Labute approximate surface area is 113 Å². The number of aliphatic imine (C=N–C) groups is 1. The highest BCUT2D eigenvalue weighted by Crippen LogP contribution is 2.30. The third-order valence-corrected chi connectivity index (χ3v) is 3.73. The predicted molar refractivity (Wildman–Crippen MR) is 75.9 cm³/mol. The van der Waals surface area contributed by atoms with Gasteiger partial charge in [0.25, 0.3) is 0 Å². The summed E-state index contributed by atoms with van der Waals surface area (Å²) in [5.41, 5.74) is 6.89. The Bertz CT molecular complexity index is 439. The molecule has 1 aliphatic rings. The van der Waals surface area contributed by atoms with E-state index in [-0.39, 0.29) is 0 Å². The van der Waals surface area contributed by atoms with E-state index in [0.29, 0.717) is 16.7 Å². The van der Waals surface area contributed by atoms with Crippen molar-refractivity contribution in [3.63, 3.8) is 0 Å². The Morgan fingerprint density at radius 2 is 2.06 bits per heavy atom. The summed E-state index contributed by atoms with van der Waals surface area (Å²) in [5, 5.41) is 0.590. The molecule has 98 valence electrons. The first-order valence-electron chi connectivity index (χ1n) is 6.38. The Morgan fingerprint density at radius 1 is 1.33 bits per heavy atom. The van der Waals surface area contributed by atoms with Crippen LogP contribution in [-0.4, -0.2) is 12.9 Å². The van der Waals surface area contributed by atoms with Crippen molar-refractivity contribution in [2.24, 2.45) is 16.6 Å². The molecule has 0 atom stereocenters. The van der Waals surface area contributed by atoms with Gasteiger partial charge in [0.2, 0.25) is 0 Å². The zero-order valence-corrected chi connectivity index (χ0v) is 11.4. The van der Waals surface area contributed by atoms with E-state index in [0.717, 1.165) is 24.4 Å². The first kappa shape index (κ1) is 13.2. The fourth-order valence-corrected chi connectivity index (χ4v) is 2.55. The van der Waals surface area contributed by atoms with Crippen molar-refractivity contribution in [1.82, 2.24) is 0 Å². The van der Waals surface area contributed by atoms with Crippen molar-refractivity contribution in [2.45, 2.75) is 32.1 Å². The highest BCUT2D eigenvalue weighted by atomic mass is 35.5. The standard InChI is InChI=1S/C14H19ClN2O/c1-18-13-9-11(7-8-12(13)15)17-14(16)10-5-3-2-4-6-10/h7-10H,2-6H2,1H3,(H2,16,17).